The molecule has 2 aromatic rings. The molecule has 1 aromatic carbocycles. The lowest BCUT2D eigenvalue weighted by molar-refractivity contribution is -0.384. The Morgan fingerprint density at radius 1 is 1.37 bits per heavy atom. The molecule has 98 valence electrons. The largest absolute Gasteiger partial charge is 0.294 e. The Kier molecular flexibility index (Phi) is 3.70. The fourth-order valence-electron chi connectivity index (χ4n) is 1.71. The van der Waals surface area contributed by atoms with Gasteiger partial charge in [0.25, 0.3) is 5.69 Å². The predicted molar refractivity (Wildman–Crippen MR) is 69.0 cm³/mol. The second-order valence-corrected chi connectivity index (χ2v) is 4.13. The second kappa shape index (κ2) is 5.43. The van der Waals surface area contributed by atoms with Crippen LogP contribution in [0.3, 0.4) is 0 Å². The SMILES string of the molecule is CCC(=O)c1cnn(Cc2ccc([N+](=O)[O-])cc2)c1. The van der Waals surface area contributed by atoms with Gasteiger partial charge in [0.05, 0.1) is 23.2 Å². The zero-order valence-electron chi connectivity index (χ0n) is 10.4. The second-order valence-electron chi connectivity index (χ2n) is 4.13. The van der Waals surface area contributed by atoms with Crippen molar-refractivity contribution in [2.75, 3.05) is 0 Å². The van der Waals surface area contributed by atoms with E-state index in [1.54, 1.807) is 29.9 Å². The van der Waals surface area contributed by atoms with Crippen LogP contribution in [0.2, 0.25) is 0 Å². The van der Waals surface area contributed by atoms with Crippen molar-refractivity contribution in [3.8, 4) is 0 Å². The van der Waals surface area contributed by atoms with Crippen LogP contribution < -0.4 is 0 Å². The molecule has 19 heavy (non-hydrogen) atoms. The van der Waals surface area contributed by atoms with Crippen LogP contribution in [0.4, 0.5) is 5.69 Å². The zero-order chi connectivity index (χ0) is 13.8. The van der Waals surface area contributed by atoms with E-state index in [0.29, 0.717) is 18.5 Å². The van der Waals surface area contributed by atoms with Gasteiger partial charge >= 0.3 is 0 Å². The fraction of sp³-hybridized carbons (Fsp3) is 0.231. The Balaban J connectivity index is 2.10. The van der Waals surface area contributed by atoms with Gasteiger partial charge in [-0.3, -0.25) is 19.6 Å². The van der Waals surface area contributed by atoms with Gasteiger partial charge < -0.3 is 0 Å². The molecular weight excluding hydrogens is 246 g/mol. The van der Waals surface area contributed by atoms with Gasteiger partial charge in [-0.25, -0.2) is 0 Å². The maximum Gasteiger partial charge on any atom is 0.269 e. The fourth-order valence-corrected chi connectivity index (χ4v) is 1.71. The molecule has 0 fully saturated rings. The topological polar surface area (TPSA) is 78.0 Å². The highest BCUT2D eigenvalue weighted by molar-refractivity contribution is 5.95. The minimum absolute atomic E-state index is 0.0509. The summed E-state index contributed by atoms with van der Waals surface area (Å²) in [5.41, 5.74) is 1.54. The summed E-state index contributed by atoms with van der Waals surface area (Å²) in [4.78, 5) is 21.6. The van der Waals surface area contributed by atoms with Crippen molar-refractivity contribution >= 4 is 11.5 Å². The van der Waals surface area contributed by atoms with Crippen LogP contribution >= 0.6 is 0 Å². The summed E-state index contributed by atoms with van der Waals surface area (Å²) in [6, 6.07) is 6.27. The zero-order valence-corrected chi connectivity index (χ0v) is 10.4. The van der Waals surface area contributed by atoms with Gasteiger partial charge in [-0.15, -0.1) is 0 Å². The number of hydrogen-bond donors (Lipinski definition) is 0. The number of nitro benzene ring substituents is 1. The van der Waals surface area contributed by atoms with Crippen LogP contribution in [0.1, 0.15) is 29.3 Å². The van der Waals surface area contributed by atoms with Crippen molar-refractivity contribution in [3.63, 3.8) is 0 Å². The summed E-state index contributed by atoms with van der Waals surface area (Å²) in [5.74, 6) is 0.0509. The predicted octanol–water partition coefficient (Wildman–Crippen LogP) is 2.43. The number of rotatable bonds is 5. The number of aromatic nitrogens is 2. The summed E-state index contributed by atoms with van der Waals surface area (Å²) >= 11 is 0. The first-order valence-electron chi connectivity index (χ1n) is 5.89. The molecular formula is C13H13N3O3. The van der Waals surface area contributed by atoms with Crippen LogP contribution in [0.5, 0.6) is 0 Å². The molecule has 1 aromatic heterocycles. The molecule has 0 atom stereocenters. The molecule has 0 aliphatic carbocycles. The van der Waals surface area contributed by atoms with Gasteiger partial charge in [0.1, 0.15) is 0 Å². The highest BCUT2D eigenvalue weighted by atomic mass is 16.6. The molecule has 0 unspecified atom stereocenters. The van der Waals surface area contributed by atoms with Crippen LogP contribution in [0.15, 0.2) is 36.7 Å². The minimum atomic E-state index is -0.435. The van der Waals surface area contributed by atoms with Crippen molar-refractivity contribution in [2.24, 2.45) is 0 Å². The maximum absolute atomic E-state index is 11.5. The first-order valence-corrected chi connectivity index (χ1v) is 5.89. The third-order valence-corrected chi connectivity index (χ3v) is 2.77. The van der Waals surface area contributed by atoms with Crippen molar-refractivity contribution < 1.29 is 9.72 Å². The molecule has 0 radical (unpaired) electrons. The Morgan fingerprint density at radius 2 is 2.05 bits per heavy atom. The van der Waals surface area contributed by atoms with Crippen LogP contribution in [-0.4, -0.2) is 20.5 Å². The molecule has 6 heteroatoms. The standard InChI is InChI=1S/C13H13N3O3/c1-2-13(17)11-7-14-15(9-11)8-10-3-5-12(6-4-10)16(18)19/h3-7,9H,2,8H2,1H3. The van der Waals surface area contributed by atoms with Gasteiger partial charge in [0.2, 0.25) is 0 Å². The molecule has 1 heterocycles. The first kappa shape index (κ1) is 12.9. The van der Waals surface area contributed by atoms with E-state index in [1.807, 2.05) is 0 Å². The molecule has 0 aliphatic rings. The number of ketones is 1. The Bertz CT molecular complexity index is 602. The number of carbonyl (C=O) groups excluding carboxylic acids is 1. The Hall–Kier alpha value is -2.50. The average molecular weight is 259 g/mol. The van der Waals surface area contributed by atoms with Crippen molar-refractivity contribution in [1.29, 1.82) is 0 Å². The van der Waals surface area contributed by atoms with Crippen LogP contribution in [0, 0.1) is 10.1 Å². The molecule has 0 aliphatic heterocycles. The van der Waals surface area contributed by atoms with E-state index in [4.69, 9.17) is 0 Å². The normalized spacial score (nSPS) is 10.4. The smallest absolute Gasteiger partial charge is 0.269 e. The lowest BCUT2D eigenvalue weighted by Gasteiger charge is -2.01. The summed E-state index contributed by atoms with van der Waals surface area (Å²) in [5, 5.41) is 14.6. The number of nitrogens with zero attached hydrogens (tertiary/aromatic N) is 3. The molecule has 0 spiro atoms. The lowest BCUT2D eigenvalue weighted by atomic mass is 10.2. The van der Waals surface area contributed by atoms with Gasteiger partial charge in [0, 0.05) is 24.8 Å². The highest BCUT2D eigenvalue weighted by Gasteiger charge is 2.07. The quantitative estimate of drug-likeness (QED) is 0.469. The molecule has 0 amide bonds. The van der Waals surface area contributed by atoms with E-state index in [2.05, 4.69) is 5.10 Å². The third kappa shape index (κ3) is 3.04. The van der Waals surface area contributed by atoms with E-state index in [1.165, 1.54) is 18.3 Å². The van der Waals surface area contributed by atoms with E-state index >= 15 is 0 Å². The molecule has 6 nitrogen and oxygen atoms in total. The molecule has 0 N–H and O–H groups in total. The number of hydrogen-bond acceptors (Lipinski definition) is 4. The molecule has 0 saturated heterocycles. The number of non-ortho nitro benzene ring substituents is 1. The van der Waals surface area contributed by atoms with Crippen molar-refractivity contribution in [1.82, 2.24) is 9.78 Å². The number of carbonyl (C=O) groups is 1. The van der Waals surface area contributed by atoms with Gasteiger partial charge in [-0.1, -0.05) is 19.1 Å². The van der Waals surface area contributed by atoms with Crippen molar-refractivity contribution in [3.05, 3.63) is 57.9 Å². The maximum atomic E-state index is 11.5. The number of benzene rings is 1. The van der Waals surface area contributed by atoms with E-state index in [9.17, 15) is 14.9 Å². The van der Waals surface area contributed by atoms with Crippen LogP contribution in [-0.2, 0) is 6.54 Å². The van der Waals surface area contributed by atoms with E-state index < -0.39 is 4.92 Å². The molecule has 0 bridgehead atoms. The summed E-state index contributed by atoms with van der Waals surface area (Å²) < 4.78 is 1.64. The first-order chi connectivity index (χ1) is 9.10. The molecule has 0 saturated carbocycles. The third-order valence-electron chi connectivity index (χ3n) is 2.77. The summed E-state index contributed by atoms with van der Waals surface area (Å²) in [6.07, 6.45) is 3.67. The van der Waals surface area contributed by atoms with Crippen LogP contribution in [0.25, 0.3) is 0 Å². The summed E-state index contributed by atoms with van der Waals surface area (Å²) in [7, 11) is 0. The van der Waals surface area contributed by atoms with E-state index in [0.717, 1.165) is 5.56 Å². The van der Waals surface area contributed by atoms with Crippen molar-refractivity contribution in [2.45, 2.75) is 19.9 Å². The number of Topliss-reactive ketones (excluding diaryl/α,β-unsaturated/α-hetero) is 1. The van der Waals surface area contributed by atoms with Gasteiger partial charge in [-0.2, -0.15) is 5.10 Å². The number of nitro groups is 1. The lowest BCUT2D eigenvalue weighted by Crippen LogP contribution is -2.00. The van der Waals surface area contributed by atoms with Gasteiger partial charge in [-0.05, 0) is 5.56 Å². The average Bonchev–Trinajstić information content (AvgIpc) is 2.87. The van der Waals surface area contributed by atoms with E-state index in [-0.39, 0.29) is 11.5 Å². The van der Waals surface area contributed by atoms with Gasteiger partial charge in [0.15, 0.2) is 5.78 Å². The highest BCUT2D eigenvalue weighted by Crippen LogP contribution is 2.13. The minimum Gasteiger partial charge on any atom is -0.294 e. The Labute approximate surface area is 109 Å². The summed E-state index contributed by atoms with van der Waals surface area (Å²) in [6.45, 7) is 2.28. The monoisotopic (exact) mass is 259 g/mol. The Morgan fingerprint density at radius 3 is 2.63 bits per heavy atom. The molecule has 2 rings (SSSR count).